The summed E-state index contributed by atoms with van der Waals surface area (Å²) < 4.78 is -0.195. The van der Waals surface area contributed by atoms with Gasteiger partial charge in [0.2, 0.25) is 0 Å². The number of carbonyl (C=O) groups excluding carboxylic acids is 2. The standard InChI is InChI=1S/C11H12O3S/c1-11(2)5-8(14)9-6(12)3-4-7(13)10(9)15-11/h3-4,8,14H,5H2,1-2H3. The quantitative estimate of drug-likeness (QED) is 0.629. The van der Waals surface area contributed by atoms with Gasteiger partial charge in [-0.2, -0.15) is 0 Å². The highest BCUT2D eigenvalue weighted by Crippen LogP contribution is 2.44. The zero-order valence-electron chi connectivity index (χ0n) is 8.61. The number of thioether (sulfide) groups is 1. The molecule has 1 N–H and O–H groups in total. The summed E-state index contributed by atoms with van der Waals surface area (Å²) in [6.45, 7) is 3.92. The normalized spacial score (nSPS) is 29.4. The Morgan fingerprint density at radius 2 is 1.93 bits per heavy atom. The molecule has 1 aliphatic heterocycles. The third-order valence-corrected chi connectivity index (χ3v) is 3.86. The van der Waals surface area contributed by atoms with Crippen molar-refractivity contribution in [2.75, 3.05) is 0 Å². The van der Waals surface area contributed by atoms with Crippen LogP contribution in [0.3, 0.4) is 0 Å². The minimum absolute atomic E-state index is 0.165. The number of allylic oxidation sites excluding steroid dienone is 3. The van der Waals surface area contributed by atoms with Crippen LogP contribution in [0.25, 0.3) is 0 Å². The molecular formula is C11H12O3S. The number of carbonyl (C=O) groups is 2. The Labute approximate surface area is 92.2 Å². The van der Waals surface area contributed by atoms with E-state index < -0.39 is 6.10 Å². The number of aliphatic hydroxyl groups excluding tert-OH is 1. The lowest BCUT2D eigenvalue weighted by Crippen LogP contribution is -2.35. The Morgan fingerprint density at radius 3 is 2.60 bits per heavy atom. The molecule has 0 radical (unpaired) electrons. The first-order valence-electron chi connectivity index (χ1n) is 4.79. The van der Waals surface area contributed by atoms with Crippen molar-refractivity contribution in [2.45, 2.75) is 31.1 Å². The van der Waals surface area contributed by atoms with E-state index in [0.717, 1.165) is 0 Å². The average molecular weight is 224 g/mol. The van der Waals surface area contributed by atoms with E-state index >= 15 is 0 Å². The molecule has 4 heteroatoms. The van der Waals surface area contributed by atoms with Crippen molar-refractivity contribution in [3.63, 3.8) is 0 Å². The van der Waals surface area contributed by atoms with Crippen LogP contribution in [0.5, 0.6) is 0 Å². The van der Waals surface area contributed by atoms with Crippen LogP contribution in [0.1, 0.15) is 20.3 Å². The highest BCUT2D eigenvalue weighted by atomic mass is 32.2. The summed E-state index contributed by atoms with van der Waals surface area (Å²) in [5.74, 6) is -0.401. The van der Waals surface area contributed by atoms with Crippen molar-refractivity contribution in [3.8, 4) is 0 Å². The van der Waals surface area contributed by atoms with Gasteiger partial charge in [0.05, 0.1) is 11.0 Å². The van der Waals surface area contributed by atoms with E-state index in [1.807, 2.05) is 13.8 Å². The lowest BCUT2D eigenvalue weighted by Gasteiger charge is -2.35. The van der Waals surface area contributed by atoms with Gasteiger partial charge in [0.1, 0.15) is 0 Å². The van der Waals surface area contributed by atoms with Gasteiger partial charge in [0.15, 0.2) is 11.6 Å². The first-order valence-corrected chi connectivity index (χ1v) is 5.60. The van der Waals surface area contributed by atoms with Crippen molar-refractivity contribution in [3.05, 3.63) is 22.6 Å². The largest absolute Gasteiger partial charge is 0.388 e. The number of rotatable bonds is 0. The topological polar surface area (TPSA) is 54.4 Å². The minimum atomic E-state index is -0.808. The van der Waals surface area contributed by atoms with Gasteiger partial charge in [0, 0.05) is 10.3 Å². The Kier molecular flexibility index (Phi) is 2.35. The SMILES string of the molecule is CC1(C)CC(O)C2=C(S1)C(=O)C=CC2=O. The summed E-state index contributed by atoms with van der Waals surface area (Å²) in [6.07, 6.45) is 2.22. The predicted molar refractivity (Wildman–Crippen MR) is 58.5 cm³/mol. The van der Waals surface area contributed by atoms with E-state index in [1.54, 1.807) is 0 Å². The monoisotopic (exact) mass is 224 g/mol. The molecule has 1 heterocycles. The molecule has 0 saturated heterocycles. The second-order valence-electron chi connectivity index (χ2n) is 4.39. The zero-order chi connectivity index (χ0) is 11.2. The summed E-state index contributed by atoms with van der Waals surface area (Å²) in [6, 6.07) is 0. The lowest BCUT2D eigenvalue weighted by atomic mass is 9.91. The molecule has 2 rings (SSSR count). The minimum Gasteiger partial charge on any atom is -0.388 e. The van der Waals surface area contributed by atoms with Gasteiger partial charge >= 0.3 is 0 Å². The van der Waals surface area contributed by atoms with Gasteiger partial charge in [-0.3, -0.25) is 9.59 Å². The van der Waals surface area contributed by atoms with Gasteiger partial charge in [-0.15, -0.1) is 11.8 Å². The van der Waals surface area contributed by atoms with E-state index in [4.69, 9.17) is 0 Å². The van der Waals surface area contributed by atoms with Crippen LogP contribution in [0, 0.1) is 0 Å². The maximum atomic E-state index is 11.6. The van der Waals surface area contributed by atoms with Gasteiger partial charge in [-0.25, -0.2) is 0 Å². The van der Waals surface area contributed by atoms with E-state index in [9.17, 15) is 14.7 Å². The fourth-order valence-electron chi connectivity index (χ4n) is 1.87. The van der Waals surface area contributed by atoms with Gasteiger partial charge < -0.3 is 5.11 Å². The summed E-state index contributed by atoms with van der Waals surface area (Å²) in [4.78, 5) is 23.5. The van der Waals surface area contributed by atoms with Crippen LogP contribution in [-0.4, -0.2) is 27.5 Å². The van der Waals surface area contributed by atoms with Gasteiger partial charge in [-0.1, -0.05) is 13.8 Å². The molecule has 0 aromatic heterocycles. The average Bonchev–Trinajstić information content (AvgIpc) is 2.09. The first kappa shape index (κ1) is 10.6. The summed E-state index contributed by atoms with van der Waals surface area (Å²) in [7, 11) is 0. The van der Waals surface area contributed by atoms with Crippen molar-refractivity contribution >= 4 is 23.3 Å². The van der Waals surface area contributed by atoms with Gasteiger partial charge in [-0.05, 0) is 18.6 Å². The molecule has 0 spiro atoms. The van der Waals surface area contributed by atoms with E-state index in [-0.39, 0.29) is 21.9 Å². The molecule has 0 saturated carbocycles. The van der Waals surface area contributed by atoms with Crippen molar-refractivity contribution < 1.29 is 14.7 Å². The number of ketones is 2. The third kappa shape index (κ3) is 1.79. The van der Waals surface area contributed by atoms with Crippen molar-refractivity contribution in [1.82, 2.24) is 0 Å². The van der Waals surface area contributed by atoms with Crippen LogP contribution in [0.15, 0.2) is 22.6 Å². The first-order chi connectivity index (χ1) is 6.91. The van der Waals surface area contributed by atoms with Crippen LogP contribution in [-0.2, 0) is 9.59 Å². The molecule has 0 aromatic rings. The second kappa shape index (κ2) is 3.32. The number of aliphatic hydroxyl groups is 1. The van der Waals surface area contributed by atoms with Crippen LogP contribution >= 0.6 is 11.8 Å². The van der Waals surface area contributed by atoms with Crippen molar-refractivity contribution in [2.24, 2.45) is 0 Å². The smallest absolute Gasteiger partial charge is 0.192 e. The molecule has 1 unspecified atom stereocenters. The third-order valence-electron chi connectivity index (χ3n) is 2.52. The van der Waals surface area contributed by atoms with Crippen LogP contribution in [0.4, 0.5) is 0 Å². The Bertz CT molecular complexity index is 404. The second-order valence-corrected chi connectivity index (χ2v) is 6.10. The van der Waals surface area contributed by atoms with Crippen molar-refractivity contribution in [1.29, 1.82) is 0 Å². The van der Waals surface area contributed by atoms with Crippen LogP contribution < -0.4 is 0 Å². The fourth-order valence-corrected chi connectivity index (χ4v) is 3.18. The molecule has 0 fully saturated rings. The molecule has 15 heavy (non-hydrogen) atoms. The maximum absolute atomic E-state index is 11.6. The molecule has 1 atom stereocenters. The Hall–Kier alpha value is -0.870. The number of hydrogen-bond donors (Lipinski definition) is 1. The molecule has 3 nitrogen and oxygen atoms in total. The van der Waals surface area contributed by atoms with E-state index in [0.29, 0.717) is 11.3 Å². The van der Waals surface area contributed by atoms with E-state index in [1.165, 1.54) is 23.9 Å². The molecule has 0 bridgehead atoms. The molecule has 80 valence electrons. The lowest BCUT2D eigenvalue weighted by molar-refractivity contribution is -0.115. The number of hydrogen-bond acceptors (Lipinski definition) is 4. The summed E-state index contributed by atoms with van der Waals surface area (Å²) >= 11 is 1.39. The predicted octanol–water partition coefficient (Wildman–Crippen LogP) is 1.22. The molecule has 0 amide bonds. The molecule has 1 aliphatic carbocycles. The van der Waals surface area contributed by atoms with Gasteiger partial charge in [0.25, 0.3) is 0 Å². The molecule has 2 aliphatic rings. The molecular weight excluding hydrogens is 212 g/mol. The summed E-state index contributed by atoms with van der Waals surface area (Å²) in [5, 5.41) is 9.85. The summed E-state index contributed by atoms with van der Waals surface area (Å²) in [5.41, 5.74) is 0.284. The highest BCUT2D eigenvalue weighted by Gasteiger charge is 2.39. The highest BCUT2D eigenvalue weighted by molar-refractivity contribution is 8.05. The molecule has 0 aromatic carbocycles. The Balaban J connectivity index is 2.48. The zero-order valence-corrected chi connectivity index (χ0v) is 9.43. The van der Waals surface area contributed by atoms with E-state index in [2.05, 4.69) is 0 Å². The Morgan fingerprint density at radius 1 is 1.33 bits per heavy atom. The fraction of sp³-hybridized carbons (Fsp3) is 0.455. The maximum Gasteiger partial charge on any atom is 0.192 e. The van der Waals surface area contributed by atoms with Crippen LogP contribution in [0.2, 0.25) is 0 Å².